The molecule has 0 aliphatic carbocycles. The van der Waals surface area contributed by atoms with Crippen LogP contribution in [0.1, 0.15) is 36.7 Å². The molecule has 1 aromatic heterocycles. The maximum atomic E-state index is 5.54. The Morgan fingerprint density at radius 2 is 1.80 bits per heavy atom. The molecule has 20 heavy (non-hydrogen) atoms. The lowest BCUT2D eigenvalue weighted by Gasteiger charge is -2.15. The summed E-state index contributed by atoms with van der Waals surface area (Å²) in [7, 11) is 0. The lowest BCUT2D eigenvalue weighted by molar-refractivity contribution is 0.774. The summed E-state index contributed by atoms with van der Waals surface area (Å²) in [5.74, 6) is 7.97. The third-order valence-corrected chi connectivity index (χ3v) is 3.10. The van der Waals surface area contributed by atoms with Gasteiger partial charge in [0.15, 0.2) is 0 Å². The maximum absolute atomic E-state index is 5.54. The van der Waals surface area contributed by atoms with Crippen molar-refractivity contribution in [2.75, 3.05) is 10.7 Å². The number of aromatic nitrogens is 2. The fraction of sp³-hybridized carbons (Fsp3) is 0.333. The topological polar surface area (TPSA) is 75.9 Å². The zero-order valence-corrected chi connectivity index (χ0v) is 12.4. The van der Waals surface area contributed by atoms with Crippen molar-refractivity contribution in [1.82, 2.24) is 9.97 Å². The van der Waals surface area contributed by atoms with E-state index in [4.69, 9.17) is 5.84 Å². The summed E-state index contributed by atoms with van der Waals surface area (Å²) in [6.45, 7) is 8.12. The Hall–Kier alpha value is -2.14. The van der Waals surface area contributed by atoms with Crippen molar-refractivity contribution < 1.29 is 0 Å². The van der Waals surface area contributed by atoms with Gasteiger partial charge in [0.1, 0.15) is 17.5 Å². The first-order valence-electron chi connectivity index (χ1n) is 6.70. The van der Waals surface area contributed by atoms with E-state index in [1.54, 1.807) is 0 Å². The van der Waals surface area contributed by atoms with Crippen LogP contribution in [-0.2, 0) is 0 Å². The number of nitrogens with two attached hydrogens (primary N) is 1. The minimum Gasteiger partial charge on any atom is -0.340 e. The van der Waals surface area contributed by atoms with Crippen LogP contribution in [0.4, 0.5) is 17.3 Å². The van der Waals surface area contributed by atoms with E-state index in [-0.39, 0.29) is 5.92 Å². The molecule has 4 N–H and O–H groups in total. The fourth-order valence-electron chi connectivity index (χ4n) is 1.91. The van der Waals surface area contributed by atoms with Crippen LogP contribution in [0, 0.1) is 13.8 Å². The summed E-state index contributed by atoms with van der Waals surface area (Å²) in [5, 5.41) is 3.34. The third kappa shape index (κ3) is 3.05. The molecule has 2 rings (SSSR count). The average Bonchev–Trinajstić information content (AvgIpc) is 2.41. The van der Waals surface area contributed by atoms with Gasteiger partial charge in [-0.3, -0.25) is 0 Å². The van der Waals surface area contributed by atoms with E-state index in [9.17, 15) is 0 Å². The summed E-state index contributed by atoms with van der Waals surface area (Å²) >= 11 is 0. The van der Waals surface area contributed by atoms with Crippen LogP contribution < -0.4 is 16.6 Å². The second-order valence-corrected chi connectivity index (χ2v) is 5.20. The second-order valence-electron chi connectivity index (χ2n) is 5.20. The molecule has 0 aliphatic heterocycles. The Balaban J connectivity index is 2.42. The summed E-state index contributed by atoms with van der Waals surface area (Å²) in [6.07, 6.45) is 0. The van der Waals surface area contributed by atoms with Gasteiger partial charge >= 0.3 is 0 Å². The van der Waals surface area contributed by atoms with Crippen LogP contribution in [0.15, 0.2) is 24.3 Å². The molecule has 0 bridgehead atoms. The highest BCUT2D eigenvalue weighted by molar-refractivity contribution is 5.65. The molecule has 0 amide bonds. The van der Waals surface area contributed by atoms with E-state index in [0.29, 0.717) is 5.82 Å². The van der Waals surface area contributed by atoms with Gasteiger partial charge in [0.25, 0.3) is 0 Å². The Morgan fingerprint density at radius 1 is 1.10 bits per heavy atom. The fourth-order valence-corrected chi connectivity index (χ4v) is 1.91. The quantitative estimate of drug-likeness (QED) is 0.588. The zero-order valence-electron chi connectivity index (χ0n) is 12.4. The van der Waals surface area contributed by atoms with Crippen molar-refractivity contribution in [3.63, 3.8) is 0 Å². The van der Waals surface area contributed by atoms with Gasteiger partial charge in [-0.15, -0.1) is 0 Å². The molecule has 5 nitrogen and oxygen atoms in total. The van der Waals surface area contributed by atoms with E-state index >= 15 is 0 Å². The number of benzene rings is 1. The molecule has 0 saturated carbocycles. The van der Waals surface area contributed by atoms with Gasteiger partial charge in [-0.2, -0.15) is 0 Å². The number of nitrogen functional groups attached to an aromatic ring is 1. The summed E-state index contributed by atoms with van der Waals surface area (Å²) in [4.78, 5) is 9.01. The van der Waals surface area contributed by atoms with Crippen LogP contribution >= 0.6 is 0 Å². The molecule has 0 atom stereocenters. The first-order chi connectivity index (χ1) is 9.51. The normalized spacial score (nSPS) is 10.7. The van der Waals surface area contributed by atoms with Gasteiger partial charge in [-0.25, -0.2) is 15.8 Å². The second kappa shape index (κ2) is 5.88. The first kappa shape index (κ1) is 14.3. The Labute approximate surface area is 119 Å². The van der Waals surface area contributed by atoms with Crippen molar-refractivity contribution in [1.29, 1.82) is 0 Å². The number of hydrogen-bond donors (Lipinski definition) is 3. The van der Waals surface area contributed by atoms with Crippen LogP contribution in [0.5, 0.6) is 0 Å². The average molecular weight is 271 g/mol. The lowest BCUT2D eigenvalue weighted by Crippen LogP contribution is -2.14. The highest BCUT2D eigenvalue weighted by Gasteiger charge is 2.12. The number of hydrazine groups is 1. The molecule has 0 unspecified atom stereocenters. The van der Waals surface area contributed by atoms with Crippen molar-refractivity contribution in [3.05, 3.63) is 41.2 Å². The van der Waals surface area contributed by atoms with Crippen molar-refractivity contribution in [3.8, 4) is 0 Å². The van der Waals surface area contributed by atoms with E-state index in [0.717, 1.165) is 22.9 Å². The standard InChI is InChI=1S/C15H21N5/c1-9(2)13-18-14(11(4)15(19-13)20-16)17-12-7-5-6-10(3)8-12/h5-9H,16H2,1-4H3,(H2,17,18,19,20). The number of nitrogens with one attached hydrogen (secondary N) is 2. The van der Waals surface area contributed by atoms with E-state index < -0.39 is 0 Å². The number of rotatable bonds is 4. The molecule has 1 heterocycles. The molecule has 1 aromatic carbocycles. The minimum atomic E-state index is 0.237. The van der Waals surface area contributed by atoms with Gasteiger partial charge in [0.05, 0.1) is 0 Å². The molecule has 5 heteroatoms. The van der Waals surface area contributed by atoms with Gasteiger partial charge in [-0.05, 0) is 31.5 Å². The summed E-state index contributed by atoms with van der Waals surface area (Å²) in [6, 6.07) is 8.16. The van der Waals surface area contributed by atoms with Gasteiger partial charge in [-0.1, -0.05) is 26.0 Å². The number of aryl methyl sites for hydroxylation is 1. The molecule has 0 aliphatic rings. The van der Waals surface area contributed by atoms with Crippen LogP contribution in [0.3, 0.4) is 0 Å². The molecule has 0 radical (unpaired) electrons. The highest BCUT2D eigenvalue weighted by Crippen LogP contribution is 2.25. The Bertz CT molecular complexity index is 607. The van der Waals surface area contributed by atoms with Crippen molar-refractivity contribution in [2.24, 2.45) is 5.84 Å². The predicted molar refractivity (Wildman–Crippen MR) is 83.1 cm³/mol. The first-order valence-corrected chi connectivity index (χ1v) is 6.70. The van der Waals surface area contributed by atoms with Gasteiger partial charge in [0, 0.05) is 17.2 Å². The van der Waals surface area contributed by atoms with Crippen molar-refractivity contribution >= 4 is 17.3 Å². The monoisotopic (exact) mass is 271 g/mol. The molecule has 0 fully saturated rings. The number of nitrogens with zero attached hydrogens (tertiary/aromatic N) is 2. The molecule has 106 valence electrons. The highest BCUT2D eigenvalue weighted by atomic mass is 15.3. The predicted octanol–water partition coefficient (Wildman–Crippen LogP) is 3.25. The van der Waals surface area contributed by atoms with Crippen LogP contribution in [0.25, 0.3) is 0 Å². The minimum absolute atomic E-state index is 0.237. The maximum Gasteiger partial charge on any atom is 0.148 e. The van der Waals surface area contributed by atoms with Crippen LogP contribution in [0.2, 0.25) is 0 Å². The van der Waals surface area contributed by atoms with E-state index in [2.05, 4.69) is 53.6 Å². The van der Waals surface area contributed by atoms with Gasteiger partial charge in [0.2, 0.25) is 0 Å². The zero-order chi connectivity index (χ0) is 14.7. The van der Waals surface area contributed by atoms with E-state index in [1.165, 1.54) is 5.56 Å². The number of hydrogen-bond acceptors (Lipinski definition) is 5. The molecular weight excluding hydrogens is 250 g/mol. The van der Waals surface area contributed by atoms with E-state index in [1.807, 2.05) is 19.1 Å². The lowest BCUT2D eigenvalue weighted by atomic mass is 10.2. The molecular formula is C15H21N5. The summed E-state index contributed by atoms with van der Waals surface area (Å²) < 4.78 is 0. The largest absolute Gasteiger partial charge is 0.340 e. The van der Waals surface area contributed by atoms with Crippen LogP contribution in [-0.4, -0.2) is 9.97 Å². The summed E-state index contributed by atoms with van der Waals surface area (Å²) in [5.41, 5.74) is 5.74. The van der Waals surface area contributed by atoms with Gasteiger partial charge < -0.3 is 10.7 Å². The van der Waals surface area contributed by atoms with Crippen molar-refractivity contribution in [2.45, 2.75) is 33.6 Å². The molecule has 0 saturated heterocycles. The number of anilines is 3. The molecule has 2 aromatic rings. The smallest absolute Gasteiger partial charge is 0.148 e. The molecule has 0 spiro atoms. The Morgan fingerprint density at radius 3 is 2.40 bits per heavy atom. The Kier molecular flexibility index (Phi) is 4.20. The third-order valence-electron chi connectivity index (χ3n) is 3.10. The SMILES string of the molecule is Cc1cccc(Nc2nc(C(C)C)nc(NN)c2C)c1.